The van der Waals surface area contributed by atoms with Crippen molar-refractivity contribution in [3.05, 3.63) is 35.9 Å². The fourth-order valence-corrected chi connectivity index (χ4v) is 2.00. The number of nitrogens with one attached hydrogen (secondary N) is 1. The zero-order chi connectivity index (χ0) is 13.4. The molecule has 1 heterocycles. The topological polar surface area (TPSA) is 44.6 Å². The lowest BCUT2D eigenvalue weighted by Gasteiger charge is -2.37. The minimum absolute atomic E-state index is 0.0786. The van der Waals surface area contributed by atoms with Crippen molar-refractivity contribution >= 4 is 5.84 Å². The van der Waals surface area contributed by atoms with E-state index in [9.17, 15) is 18.3 Å². The average molecular weight is 258 g/mol. The summed E-state index contributed by atoms with van der Waals surface area (Å²) in [7, 11) is 0. The summed E-state index contributed by atoms with van der Waals surface area (Å²) in [6, 6.07) is 7.94. The highest BCUT2D eigenvalue weighted by Gasteiger charge is 2.56. The minimum atomic E-state index is -4.74. The van der Waals surface area contributed by atoms with Gasteiger partial charge in [-0.1, -0.05) is 30.3 Å². The highest BCUT2D eigenvalue weighted by Crippen LogP contribution is 2.39. The van der Waals surface area contributed by atoms with Gasteiger partial charge < -0.3 is 10.4 Å². The van der Waals surface area contributed by atoms with Crippen molar-refractivity contribution in [2.45, 2.75) is 31.3 Å². The largest absolute Gasteiger partial charge is 0.436 e. The second-order valence-electron chi connectivity index (χ2n) is 4.33. The first kappa shape index (κ1) is 12.9. The zero-order valence-electron chi connectivity index (χ0n) is 9.70. The number of alkyl halides is 3. The normalized spacial score (nSPS) is 28.5. The van der Waals surface area contributed by atoms with Crippen molar-refractivity contribution in [1.82, 2.24) is 5.32 Å². The van der Waals surface area contributed by atoms with Gasteiger partial charge in [0.15, 0.2) is 0 Å². The quantitative estimate of drug-likeness (QED) is 0.812. The third kappa shape index (κ3) is 2.33. The smallest absolute Gasteiger partial charge is 0.363 e. The van der Waals surface area contributed by atoms with Crippen molar-refractivity contribution in [3.63, 3.8) is 0 Å². The van der Waals surface area contributed by atoms with Crippen LogP contribution in [0.1, 0.15) is 24.9 Å². The van der Waals surface area contributed by atoms with E-state index in [-0.39, 0.29) is 5.84 Å². The number of rotatable bonds is 1. The van der Waals surface area contributed by atoms with Crippen LogP contribution >= 0.6 is 0 Å². The number of aliphatic hydroxyl groups is 1. The molecule has 0 fully saturated rings. The molecule has 0 saturated heterocycles. The summed E-state index contributed by atoms with van der Waals surface area (Å²) >= 11 is 0. The molecule has 0 bridgehead atoms. The van der Waals surface area contributed by atoms with Crippen molar-refractivity contribution < 1.29 is 18.3 Å². The van der Waals surface area contributed by atoms with E-state index in [4.69, 9.17) is 0 Å². The standard InChI is InChI=1S/C12H13F3N2O/c1-8-16-10(9-5-3-2-4-6-9)7-11(18,17-8)12(13,14)15/h2-6,10,18H,7H2,1H3,(H,16,17). The maximum atomic E-state index is 12.8. The molecule has 2 unspecified atom stereocenters. The Morgan fingerprint density at radius 3 is 2.50 bits per heavy atom. The molecule has 2 atom stereocenters. The van der Waals surface area contributed by atoms with Gasteiger partial charge in [0.05, 0.1) is 11.9 Å². The molecule has 0 spiro atoms. The third-order valence-electron chi connectivity index (χ3n) is 2.88. The van der Waals surface area contributed by atoms with Crippen molar-refractivity contribution in [3.8, 4) is 0 Å². The van der Waals surface area contributed by atoms with Crippen LogP contribution in [0, 0.1) is 0 Å². The summed E-state index contributed by atoms with van der Waals surface area (Å²) in [4.78, 5) is 4.11. The van der Waals surface area contributed by atoms with Gasteiger partial charge in [-0.25, -0.2) is 0 Å². The molecular weight excluding hydrogens is 245 g/mol. The Bertz CT molecular complexity index is 458. The zero-order valence-corrected chi connectivity index (χ0v) is 9.70. The fourth-order valence-electron chi connectivity index (χ4n) is 2.00. The van der Waals surface area contributed by atoms with Gasteiger partial charge in [-0.15, -0.1) is 0 Å². The van der Waals surface area contributed by atoms with E-state index >= 15 is 0 Å². The van der Waals surface area contributed by atoms with E-state index in [1.807, 2.05) is 5.32 Å². The van der Waals surface area contributed by atoms with E-state index in [1.165, 1.54) is 6.92 Å². The third-order valence-corrected chi connectivity index (χ3v) is 2.88. The van der Waals surface area contributed by atoms with Gasteiger partial charge in [-0.3, -0.25) is 4.99 Å². The van der Waals surface area contributed by atoms with Crippen LogP contribution in [0.2, 0.25) is 0 Å². The molecule has 0 aliphatic carbocycles. The molecule has 0 saturated carbocycles. The van der Waals surface area contributed by atoms with E-state index in [2.05, 4.69) is 4.99 Å². The summed E-state index contributed by atoms with van der Waals surface area (Å²) in [6.07, 6.45) is -5.27. The first-order valence-electron chi connectivity index (χ1n) is 5.48. The van der Waals surface area contributed by atoms with E-state index in [0.29, 0.717) is 5.56 Å². The maximum Gasteiger partial charge on any atom is 0.436 e. The van der Waals surface area contributed by atoms with Crippen LogP contribution in [0.5, 0.6) is 0 Å². The first-order chi connectivity index (χ1) is 8.32. The molecule has 18 heavy (non-hydrogen) atoms. The predicted octanol–water partition coefficient (Wildman–Crippen LogP) is 2.39. The molecule has 2 rings (SSSR count). The van der Waals surface area contributed by atoms with Crippen LogP contribution in [0.3, 0.4) is 0 Å². The van der Waals surface area contributed by atoms with Gasteiger partial charge in [-0.2, -0.15) is 13.2 Å². The summed E-state index contributed by atoms with van der Waals surface area (Å²) in [5, 5.41) is 11.7. The van der Waals surface area contributed by atoms with E-state index < -0.39 is 24.4 Å². The predicted molar refractivity (Wildman–Crippen MR) is 61.0 cm³/mol. The lowest BCUT2D eigenvalue weighted by molar-refractivity contribution is -0.272. The second kappa shape index (κ2) is 4.28. The molecule has 98 valence electrons. The Kier molecular flexibility index (Phi) is 3.06. The molecule has 2 N–H and O–H groups in total. The van der Waals surface area contributed by atoms with Crippen LogP contribution in [0.4, 0.5) is 13.2 Å². The number of halogens is 3. The SMILES string of the molecule is CC1=NC(c2ccccc2)CC(O)(C(F)(F)F)N1. The number of benzene rings is 1. The second-order valence-corrected chi connectivity index (χ2v) is 4.33. The summed E-state index contributed by atoms with van der Waals surface area (Å²) in [6.45, 7) is 1.41. The summed E-state index contributed by atoms with van der Waals surface area (Å²) < 4.78 is 38.5. The number of hydrogen-bond acceptors (Lipinski definition) is 3. The van der Waals surface area contributed by atoms with Gasteiger partial charge in [0.2, 0.25) is 5.72 Å². The van der Waals surface area contributed by atoms with Crippen molar-refractivity contribution in [1.29, 1.82) is 0 Å². The number of nitrogens with zero attached hydrogens (tertiary/aromatic N) is 1. The Balaban J connectivity index is 2.33. The average Bonchev–Trinajstić information content (AvgIpc) is 2.27. The lowest BCUT2D eigenvalue weighted by Crippen LogP contribution is -2.60. The molecule has 1 aromatic carbocycles. The molecule has 0 amide bonds. The van der Waals surface area contributed by atoms with E-state index in [0.717, 1.165) is 0 Å². The van der Waals surface area contributed by atoms with Gasteiger partial charge >= 0.3 is 6.18 Å². The maximum absolute atomic E-state index is 12.8. The van der Waals surface area contributed by atoms with Crippen molar-refractivity contribution in [2.75, 3.05) is 0 Å². The molecule has 3 nitrogen and oxygen atoms in total. The van der Waals surface area contributed by atoms with Gasteiger partial charge in [0.1, 0.15) is 0 Å². The highest BCUT2D eigenvalue weighted by molar-refractivity contribution is 5.81. The summed E-state index contributed by atoms with van der Waals surface area (Å²) in [5.41, 5.74) is -2.26. The molecule has 1 aromatic rings. The van der Waals surface area contributed by atoms with Crippen molar-refractivity contribution in [2.24, 2.45) is 4.99 Å². The molecule has 0 radical (unpaired) electrons. The first-order valence-corrected chi connectivity index (χ1v) is 5.48. The number of hydrogen-bond donors (Lipinski definition) is 2. The van der Waals surface area contributed by atoms with Crippen LogP contribution < -0.4 is 5.32 Å². The molecule has 1 aliphatic heterocycles. The van der Waals surface area contributed by atoms with Gasteiger partial charge in [0, 0.05) is 6.42 Å². The minimum Gasteiger partial charge on any atom is -0.363 e. The Hall–Kier alpha value is -1.56. The Morgan fingerprint density at radius 2 is 1.94 bits per heavy atom. The number of amidine groups is 1. The summed E-state index contributed by atoms with van der Waals surface area (Å²) in [5.74, 6) is 0.0786. The molecular formula is C12H13F3N2O. The monoisotopic (exact) mass is 258 g/mol. The molecule has 0 aromatic heterocycles. The van der Waals surface area contributed by atoms with Crippen LogP contribution in [0.25, 0.3) is 0 Å². The highest BCUT2D eigenvalue weighted by atomic mass is 19.4. The number of aliphatic imine (C=N–C) groups is 1. The van der Waals surface area contributed by atoms with Crippen LogP contribution in [-0.4, -0.2) is 22.8 Å². The Labute approximate surface area is 102 Å². The van der Waals surface area contributed by atoms with E-state index in [1.54, 1.807) is 30.3 Å². The van der Waals surface area contributed by atoms with Crippen LogP contribution in [-0.2, 0) is 0 Å². The Morgan fingerprint density at radius 1 is 1.33 bits per heavy atom. The lowest BCUT2D eigenvalue weighted by atomic mass is 9.95. The molecule has 6 heteroatoms. The fraction of sp³-hybridized carbons (Fsp3) is 0.417. The van der Waals surface area contributed by atoms with Gasteiger partial charge in [-0.05, 0) is 12.5 Å². The van der Waals surface area contributed by atoms with Gasteiger partial charge in [0.25, 0.3) is 0 Å². The van der Waals surface area contributed by atoms with Crippen LogP contribution in [0.15, 0.2) is 35.3 Å². The molecule has 1 aliphatic rings.